The first kappa shape index (κ1) is 12.3. The Morgan fingerprint density at radius 2 is 1.44 bits per heavy atom. The van der Waals surface area contributed by atoms with Crippen molar-refractivity contribution in [3.05, 3.63) is 0 Å². The third kappa shape index (κ3) is 55.2. The Hall–Kier alpha value is 0.610. The molecule has 0 aromatic heterocycles. The SMILES string of the molecule is CCCCC.[O-][I+2]([O-])O. The molecule has 0 bridgehead atoms. The summed E-state index contributed by atoms with van der Waals surface area (Å²) in [6.45, 7) is 4.42. The minimum Gasteiger partial charge on any atom is -0.396 e. The zero-order valence-electron chi connectivity index (χ0n) is 5.76. The largest absolute Gasteiger partial charge is 0.503 e. The van der Waals surface area contributed by atoms with Crippen molar-refractivity contribution < 1.29 is 31.4 Å². The van der Waals surface area contributed by atoms with Crippen LogP contribution in [0.4, 0.5) is 0 Å². The van der Waals surface area contributed by atoms with E-state index in [0.717, 1.165) is 0 Å². The van der Waals surface area contributed by atoms with Gasteiger partial charge in [-0.2, -0.15) is 0 Å². The molecule has 0 unspecified atom stereocenters. The third-order valence-electron chi connectivity index (χ3n) is 0.707. The summed E-state index contributed by atoms with van der Waals surface area (Å²) in [5, 5.41) is 0. The van der Waals surface area contributed by atoms with Crippen LogP contribution in [-0.4, -0.2) is 3.44 Å². The van der Waals surface area contributed by atoms with Gasteiger partial charge in [0.2, 0.25) is 0 Å². The average molecular weight is 248 g/mol. The van der Waals surface area contributed by atoms with Crippen LogP contribution in [-0.2, 0) is 0 Å². The van der Waals surface area contributed by atoms with E-state index in [1.807, 2.05) is 0 Å². The zero-order chi connectivity index (χ0) is 7.70. The van der Waals surface area contributed by atoms with E-state index >= 15 is 0 Å². The lowest BCUT2D eigenvalue weighted by Gasteiger charge is -1.79. The molecule has 0 radical (unpaired) electrons. The summed E-state index contributed by atoms with van der Waals surface area (Å²) in [5.74, 6) is 0. The van der Waals surface area contributed by atoms with Crippen LogP contribution in [0.15, 0.2) is 0 Å². The summed E-state index contributed by atoms with van der Waals surface area (Å²) in [6.07, 6.45) is 4.08. The lowest BCUT2D eigenvalue weighted by molar-refractivity contribution is -1.63. The van der Waals surface area contributed by atoms with Crippen LogP contribution >= 0.6 is 0 Å². The van der Waals surface area contributed by atoms with Gasteiger partial charge in [0.25, 0.3) is 0 Å². The second kappa shape index (κ2) is 11.4. The van der Waals surface area contributed by atoms with E-state index < -0.39 is 21.1 Å². The van der Waals surface area contributed by atoms with Gasteiger partial charge in [-0.05, 0) is 3.44 Å². The first-order chi connectivity index (χ1) is 4.15. The molecular weight excluding hydrogens is 235 g/mol. The van der Waals surface area contributed by atoms with Crippen molar-refractivity contribution in [1.29, 1.82) is 0 Å². The van der Waals surface area contributed by atoms with Crippen LogP contribution in [0.25, 0.3) is 0 Å². The number of hydrogen-bond donors (Lipinski definition) is 1. The smallest absolute Gasteiger partial charge is 0.396 e. The highest BCUT2D eigenvalue weighted by atomic mass is 127. The Morgan fingerprint density at radius 3 is 1.44 bits per heavy atom. The number of rotatable bonds is 2. The van der Waals surface area contributed by atoms with E-state index in [1.165, 1.54) is 19.3 Å². The molecule has 0 aliphatic carbocycles. The lowest BCUT2D eigenvalue weighted by Crippen LogP contribution is -3.98. The van der Waals surface area contributed by atoms with Crippen LogP contribution < -0.4 is 27.9 Å². The first-order valence-corrected chi connectivity index (χ1v) is 5.62. The summed E-state index contributed by atoms with van der Waals surface area (Å²) in [4.78, 5) is 0. The van der Waals surface area contributed by atoms with Gasteiger partial charge in [-0.25, -0.2) is 0 Å². The van der Waals surface area contributed by atoms with Gasteiger partial charge < -0.3 is 6.87 Å². The monoisotopic (exact) mass is 248 g/mol. The van der Waals surface area contributed by atoms with Gasteiger partial charge in [0, 0.05) is 0 Å². The number of halogens is 1. The fourth-order valence-corrected chi connectivity index (χ4v) is 0.354. The predicted molar refractivity (Wildman–Crippen MR) is 27.4 cm³/mol. The molecule has 0 spiro atoms. The maximum Gasteiger partial charge on any atom is 0.503 e. The van der Waals surface area contributed by atoms with Crippen molar-refractivity contribution in [2.45, 2.75) is 33.1 Å². The maximum absolute atomic E-state index is 8.68. The van der Waals surface area contributed by atoms with Crippen LogP contribution in [0.5, 0.6) is 0 Å². The van der Waals surface area contributed by atoms with E-state index in [1.54, 1.807) is 0 Å². The Kier molecular flexibility index (Phi) is 15.6. The van der Waals surface area contributed by atoms with Gasteiger partial charge in [0.1, 0.15) is 0 Å². The highest BCUT2D eigenvalue weighted by Gasteiger charge is 1.89. The van der Waals surface area contributed by atoms with E-state index in [4.69, 9.17) is 10.3 Å². The summed E-state index contributed by atoms with van der Waals surface area (Å²) in [5.41, 5.74) is 0. The third-order valence-corrected chi connectivity index (χ3v) is 0.707. The van der Waals surface area contributed by atoms with Crippen LogP contribution in [0.1, 0.15) is 33.1 Å². The molecular formula is C5H13IO3. The molecule has 0 aromatic rings. The second-order valence-corrected chi connectivity index (χ2v) is 2.70. The van der Waals surface area contributed by atoms with Crippen molar-refractivity contribution in [2.75, 3.05) is 0 Å². The van der Waals surface area contributed by atoms with E-state index in [0.29, 0.717) is 0 Å². The van der Waals surface area contributed by atoms with Gasteiger partial charge in [-0.3, -0.25) is 0 Å². The number of hydrogen-bond acceptors (Lipinski definition) is 3. The molecule has 0 aromatic carbocycles. The van der Waals surface area contributed by atoms with Gasteiger partial charge in [0.15, 0.2) is 0 Å². The molecule has 0 aliphatic rings. The Balaban J connectivity index is 0. The van der Waals surface area contributed by atoms with Gasteiger partial charge in [-0.1, -0.05) is 33.1 Å². The lowest BCUT2D eigenvalue weighted by atomic mass is 10.3. The van der Waals surface area contributed by atoms with Crippen LogP contribution in [0, 0.1) is 0 Å². The van der Waals surface area contributed by atoms with Crippen molar-refractivity contribution in [2.24, 2.45) is 0 Å². The summed E-state index contributed by atoms with van der Waals surface area (Å²) >= 11 is -3.76. The molecule has 0 saturated carbocycles. The van der Waals surface area contributed by atoms with Crippen molar-refractivity contribution in [3.63, 3.8) is 0 Å². The fourth-order valence-electron chi connectivity index (χ4n) is 0.354. The van der Waals surface area contributed by atoms with E-state index in [2.05, 4.69) is 13.8 Å². The summed E-state index contributed by atoms with van der Waals surface area (Å²) in [7, 11) is 0. The molecule has 0 atom stereocenters. The topological polar surface area (TPSA) is 66.3 Å². The quantitative estimate of drug-likeness (QED) is 0.511. The highest BCUT2D eigenvalue weighted by molar-refractivity contribution is 4.24. The van der Waals surface area contributed by atoms with Gasteiger partial charge >= 0.3 is 21.1 Å². The summed E-state index contributed by atoms with van der Waals surface area (Å²) in [6, 6.07) is 0. The molecule has 3 nitrogen and oxygen atoms in total. The fraction of sp³-hybridized carbons (Fsp3) is 1.00. The van der Waals surface area contributed by atoms with E-state index in [-0.39, 0.29) is 0 Å². The minimum absolute atomic E-state index is 1.34. The normalized spacial score (nSPS) is 8.67. The van der Waals surface area contributed by atoms with E-state index in [9.17, 15) is 0 Å². The van der Waals surface area contributed by atoms with Gasteiger partial charge in [-0.15, -0.1) is 0 Å². The molecule has 1 N–H and O–H groups in total. The standard InChI is InChI=1S/C5H12.HIO3/c1-3-5-4-2;2-1(3)4/h3-5H2,1-2H3;2H. The summed E-state index contributed by atoms with van der Waals surface area (Å²) < 4.78 is 24.5. The molecule has 0 saturated heterocycles. The molecule has 0 fully saturated rings. The predicted octanol–water partition coefficient (Wildman–Crippen LogP) is -3.73. The molecule has 0 aliphatic heterocycles. The highest BCUT2D eigenvalue weighted by Crippen LogP contribution is 1.88. The average Bonchev–Trinajstić information content (AvgIpc) is 1.66. The second-order valence-electron chi connectivity index (χ2n) is 1.55. The van der Waals surface area contributed by atoms with Crippen molar-refractivity contribution in [1.82, 2.24) is 0 Å². The minimum atomic E-state index is -3.76. The van der Waals surface area contributed by atoms with Crippen LogP contribution in [0.2, 0.25) is 0 Å². The van der Waals surface area contributed by atoms with Crippen molar-refractivity contribution >= 4 is 0 Å². The number of unbranched alkanes of at least 4 members (excludes halogenated alkanes) is 2. The molecule has 58 valence electrons. The van der Waals surface area contributed by atoms with Crippen LogP contribution in [0.3, 0.4) is 0 Å². The molecule has 0 rings (SSSR count). The molecule has 9 heavy (non-hydrogen) atoms. The first-order valence-electron chi connectivity index (χ1n) is 2.89. The van der Waals surface area contributed by atoms with Gasteiger partial charge in [0.05, 0.1) is 0 Å². The van der Waals surface area contributed by atoms with Crippen molar-refractivity contribution in [3.8, 4) is 0 Å². The molecule has 0 amide bonds. The molecule has 0 heterocycles. The Morgan fingerprint density at radius 1 is 1.22 bits per heavy atom. The Labute approximate surface area is 64.8 Å². The Bertz CT molecular complexity index is 36.4. The maximum atomic E-state index is 8.68. The zero-order valence-corrected chi connectivity index (χ0v) is 7.92. The molecule has 4 heteroatoms.